The largest absolute Gasteiger partial charge is 0.396 e. The van der Waals surface area contributed by atoms with Crippen LogP contribution >= 0.6 is 11.6 Å². The summed E-state index contributed by atoms with van der Waals surface area (Å²) >= 11 is 5.65. The Labute approximate surface area is 107 Å². The molecule has 0 aliphatic carbocycles. The molecular weight excluding hydrogens is 259 g/mol. The van der Waals surface area contributed by atoms with E-state index in [-0.39, 0.29) is 22.2 Å². The van der Waals surface area contributed by atoms with Crippen LogP contribution in [-0.2, 0) is 0 Å². The van der Waals surface area contributed by atoms with Gasteiger partial charge in [-0.3, -0.25) is 4.79 Å². The van der Waals surface area contributed by atoms with Crippen LogP contribution in [0.4, 0.5) is 15.9 Å². The predicted molar refractivity (Wildman–Crippen MR) is 65.8 cm³/mol. The zero-order valence-corrected chi connectivity index (χ0v) is 9.78. The smallest absolute Gasteiger partial charge is 0.256 e. The van der Waals surface area contributed by atoms with E-state index >= 15 is 0 Å². The zero-order chi connectivity index (χ0) is 13.1. The number of halogens is 2. The minimum atomic E-state index is -0.573. The first kappa shape index (κ1) is 12.3. The standard InChI is InChI=1S/C11H8ClFN4O/c12-9-4-10(16-5-15-9)17-11(18)6-1-2-7(13)8(14)3-6/h1-5H,14H2,(H,15,16,17,18). The highest BCUT2D eigenvalue weighted by molar-refractivity contribution is 6.29. The number of nitrogen functional groups attached to an aromatic ring is 1. The van der Waals surface area contributed by atoms with Gasteiger partial charge in [0.1, 0.15) is 23.1 Å². The number of hydrogen-bond donors (Lipinski definition) is 2. The van der Waals surface area contributed by atoms with E-state index in [1.54, 1.807) is 0 Å². The Bertz CT molecular complexity index is 605. The summed E-state index contributed by atoms with van der Waals surface area (Å²) in [6.45, 7) is 0. The van der Waals surface area contributed by atoms with E-state index in [9.17, 15) is 9.18 Å². The lowest BCUT2D eigenvalue weighted by Gasteiger charge is -2.05. The Morgan fingerprint density at radius 2 is 2.11 bits per heavy atom. The first-order valence-electron chi connectivity index (χ1n) is 4.90. The number of benzene rings is 1. The Morgan fingerprint density at radius 3 is 2.78 bits per heavy atom. The average Bonchev–Trinajstić information content (AvgIpc) is 2.32. The molecule has 1 amide bonds. The Hall–Kier alpha value is -2.21. The van der Waals surface area contributed by atoms with Crippen LogP contribution < -0.4 is 11.1 Å². The molecule has 0 bridgehead atoms. The summed E-state index contributed by atoms with van der Waals surface area (Å²) in [7, 11) is 0. The number of amides is 1. The molecular formula is C11H8ClFN4O. The quantitative estimate of drug-likeness (QED) is 0.644. The molecule has 2 aromatic rings. The molecule has 7 heteroatoms. The maximum absolute atomic E-state index is 12.9. The van der Waals surface area contributed by atoms with Crippen LogP contribution in [-0.4, -0.2) is 15.9 Å². The molecule has 3 N–H and O–H groups in total. The number of hydrogen-bond acceptors (Lipinski definition) is 4. The summed E-state index contributed by atoms with van der Waals surface area (Å²) in [5, 5.41) is 2.70. The number of carbonyl (C=O) groups excluding carboxylic acids is 1. The van der Waals surface area contributed by atoms with Crippen molar-refractivity contribution in [1.29, 1.82) is 0 Å². The van der Waals surface area contributed by atoms with Crippen LogP contribution in [0.5, 0.6) is 0 Å². The molecule has 92 valence electrons. The molecule has 18 heavy (non-hydrogen) atoms. The third-order valence-corrected chi connectivity index (χ3v) is 2.34. The third-order valence-electron chi connectivity index (χ3n) is 2.13. The fourth-order valence-corrected chi connectivity index (χ4v) is 1.42. The van der Waals surface area contributed by atoms with E-state index in [1.165, 1.54) is 24.5 Å². The average molecular weight is 267 g/mol. The lowest BCUT2D eigenvalue weighted by atomic mass is 10.2. The van der Waals surface area contributed by atoms with Gasteiger partial charge in [0, 0.05) is 11.6 Å². The highest BCUT2D eigenvalue weighted by Crippen LogP contribution is 2.14. The van der Waals surface area contributed by atoms with Gasteiger partial charge in [-0.2, -0.15) is 0 Å². The normalized spacial score (nSPS) is 10.1. The molecule has 0 aliphatic rings. The number of carbonyl (C=O) groups is 1. The molecule has 0 saturated carbocycles. The summed E-state index contributed by atoms with van der Waals surface area (Å²) in [6, 6.07) is 5.08. The summed E-state index contributed by atoms with van der Waals surface area (Å²) in [4.78, 5) is 19.3. The maximum atomic E-state index is 12.9. The Balaban J connectivity index is 2.19. The van der Waals surface area contributed by atoms with Crippen molar-refractivity contribution < 1.29 is 9.18 Å². The monoisotopic (exact) mass is 266 g/mol. The van der Waals surface area contributed by atoms with Crippen LogP contribution in [0, 0.1) is 5.82 Å². The lowest BCUT2D eigenvalue weighted by molar-refractivity contribution is 0.102. The van der Waals surface area contributed by atoms with Crippen LogP contribution in [0.2, 0.25) is 5.15 Å². The molecule has 2 rings (SSSR count). The van der Waals surface area contributed by atoms with Crippen LogP contribution in [0.15, 0.2) is 30.6 Å². The van der Waals surface area contributed by atoms with E-state index in [4.69, 9.17) is 17.3 Å². The van der Waals surface area contributed by atoms with Gasteiger partial charge in [-0.05, 0) is 18.2 Å². The van der Waals surface area contributed by atoms with Crippen molar-refractivity contribution in [3.8, 4) is 0 Å². The second kappa shape index (κ2) is 4.97. The topological polar surface area (TPSA) is 80.9 Å². The molecule has 5 nitrogen and oxygen atoms in total. The Morgan fingerprint density at radius 1 is 1.33 bits per heavy atom. The molecule has 0 radical (unpaired) electrons. The zero-order valence-electron chi connectivity index (χ0n) is 9.02. The lowest BCUT2D eigenvalue weighted by Crippen LogP contribution is -2.13. The third kappa shape index (κ3) is 2.72. The summed E-state index contributed by atoms with van der Waals surface area (Å²) < 4.78 is 12.9. The van der Waals surface area contributed by atoms with Gasteiger partial charge in [0.05, 0.1) is 5.69 Å². The predicted octanol–water partition coefficient (Wildman–Crippen LogP) is 2.10. The second-order valence-corrected chi connectivity index (χ2v) is 3.80. The van der Waals surface area contributed by atoms with Gasteiger partial charge in [0.2, 0.25) is 0 Å². The summed E-state index contributed by atoms with van der Waals surface area (Å²) in [6.07, 6.45) is 1.22. The van der Waals surface area contributed by atoms with E-state index in [2.05, 4.69) is 15.3 Å². The number of nitrogens with one attached hydrogen (secondary N) is 1. The highest BCUT2D eigenvalue weighted by Gasteiger charge is 2.09. The summed E-state index contributed by atoms with van der Waals surface area (Å²) in [5.41, 5.74) is 5.51. The SMILES string of the molecule is Nc1cc(C(=O)Nc2cc(Cl)ncn2)ccc1F. The maximum Gasteiger partial charge on any atom is 0.256 e. The van der Waals surface area contributed by atoms with Gasteiger partial charge in [-0.15, -0.1) is 0 Å². The van der Waals surface area contributed by atoms with Gasteiger partial charge >= 0.3 is 0 Å². The molecule has 0 saturated heterocycles. The van der Waals surface area contributed by atoms with E-state index in [1.807, 2.05) is 0 Å². The number of aromatic nitrogens is 2. The van der Waals surface area contributed by atoms with E-state index in [0.717, 1.165) is 6.07 Å². The Kier molecular flexibility index (Phi) is 3.38. The number of nitrogens with two attached hydrogens (primary N) is 1. The first-order valence-corrected chi connectivity index (χ1v) is 5.28. The molecule has 1 aromatic heterocycles. The fraction of sp³-hybridized carbons (Fsp3) is 0. The van der Waals surface area contributed by atoms with Crippen molar-refractivity contribution in [2.75, 3.05) is 11.1 Å². The molecule has 0 atom stereocenters. The molecule has 0 aliphatic heterocycles. The van der Waals surface area contributed by atoms with Gasteiger partial charge < -0.3 is 11.1 Å². The minimum absolute atomic E-state index is 0.0941. The van der Waals surface area contributed by atoms with Gasteiger partial charge in [0.25, 0.3) is 5.91 Å². The van der Waals surface area contributed by atoms with Gasteiger partial charge in [-0.1, -0.05) is 11.6 Å². The van der Waals surface area contributed by atoms with E-state index in [0.29, 0.717) is 0 Å². The van der Waals surface area contributed by atoms with Crippen molar-refractivity contribution in [3.05, 3.63) is 47.1 Å². The van der Waals surface area contributed by atoms with E-state index < -0.39 is 11.7 Å². The molecule has 0 unspecified atom stereocenters. The van der Waals surface area contributed by atoms with Crippen molar-refractivity contribution in [2.45, 2.75) is 0 Å². The van der Waals surface area contributed by atoms with Crippen molar-refractivity contribution >= 4 is 29.0 Å². The van der Waals surface area contributed by atoms with Crippen molar-refractivity contribution in [2.24, 2.45) is 0 Å². The second-order valence-electron chi connectivity index (χ2n) is 3.42. The van der Waals surface area contributed by atoms with Crippen molar-refractivity contribution in [3.63, 3.8) is 0 Å². The molecule has 1 heterocycles. The van der Waals surface area contributed by atoms with Gasteiger partial charge in [-0.25, -0.2) is 14.4 Å². The number of nitrogens with zero attached hydrogens (tertiary/aromatic N) is 2. The molecule has 0 spiro atoms. The number of anilines is 2. The van der Waals surface area contributed by atoms with Gasteiger partial charge in [0.15, 0.2) is 0 Å². The highest BCUT2D eigenvalue weighted by atomic mass is 35.5. The summed E-state index contributed by atoms with van der Waals surface area (Å²) in [5.74, 6) is -0.781. The van der Waals surface area contributed by atoms with Crippen LogP contribution in [0.3, 0.4) is 0 Å². The molecule has 0 fully saturated rings. The van der Waals surface area contributed by atoms with Crippen molar-refractivity contribution in [1.82, 2.24) is 9.97 Å². The fourth-order valence-electron chi connectivity index (χ4n) is 1.28. The minimum Gasteiger partial charge on any atom is -0.396 e. The van der Waals surface area contributed by atoms with Crippen LogP contribution in [0.1, 0.15) is 10.4 Å². The molecule has 1 aromatic carbocycles. The first-order chi connectivity index (χ1) is 8.56. The van der Waals surface area contributed by atoms with Crippen LogP contribution in [0.25, 0.3) is 0 Å². The number of rotatable bonds is 2.